The number of rotatable bonds is 15. The third-order valence-corrected chi connectivity index (χ3v) is 8.61. The molecule has 0 aliphatic heterocycles. The Morgan fingerprint density at radius 3 is 2.12 bits per heavy atom. The molecule has 0 aromatic heterocycles. The maximum Gasteiger partial charge on any atom is 0.408 e. The summed E-state index contributed by atoms with van der Waals surface area (Å²) >= 11 is 0. The Labute approximate surface area is 289 Å². The number of hydrogen-bond donors (Lipinski definition) is 5. The SMILES string of the molecule is Cc1cc(C)c(S(=O)(=O)NC(N)=NCCC[C@H](NC(=O)OC(C)(C)C)C(=O)N[C@H](C(=O)NCC(=O)OCc2ccccc2)C(C)C)c(C)c1. The van der Waals surface area contributed by atoms with Crippen LogP contribution in [0.15, 0.2) is 52.4 Å². The number of alkyl carbamates (subject to hydrolysis) is 1. The lowest BCUT2D eigenvalue weighted by atomic mass is 10.0. The summed E-state index contributed by atoms with van der Waals surface area (Å²) in [5.74, 6) is -2.65. The molecule has 0 unspecified atom stereocenters. The van der Waals surface area contributed by atoms with Crippen LogP contribution >= 0.6 is 0 Å². The van der Waals surface area contributed by atoms with Gasteiger partial charge in [-0.05, 0) is 77.0 Å². The second-order valence-corrected chi connectivity index (χ2v) is 14.7. The van der Waals surface area contributed by atoms with E-state index in [1.807, 2.05) is 25.1 Å². The van der Waals surface area contributed by atoms with Crippen molar-refractivity contribution in [3.63, 3.8) is 0 Å². The number of nitrogens with zero attached hydrogens (tertiary/aromatic N) is 1. The van der Waals surface area contributed by atoms with Crippen LogP contribution in [0.5, 0.6) is 0 Å². The fourth-order valence-electron chi connectivity index (χ4n) is 4.87. The van der Waals surface area contributed by atoms with E-state index in [9.17, 15) is 27.6 Å². The molecule has 15 heteroatoms. The van der Waals surface area contributed by atoms with Gasteiger partial charge in [-0.15, -0.1) is 0 Å². The van der Waals surface area contributed by atoms with Crippen molar-refractivity contribution in [1.29, 1.82) is 0 Å². The Kier molecular flexibility index (Phi) is 15.0. The third kappa shape index (κ3) is 14.2. The van der Waals surface area contributed by atoms with E-state index >= 15 is 0 Å². The van der Waals surface area contributed by atoms with Gasteiger partial charge in [0, 0.05) is 6.54 Å². The number of nitrogens with two attached hydrogens (primary N) is 1. The number of hydrogen-bond acceptors (Lipinski definition) is 9. The number of ether oxygens (including phenoxy) is 2. The molecule has 2 rings (SSSR count). The summed E-state index contributed by atoms with van der Waals surface area (Å²) in [5.41, 5.74) is 7.90. The van der Waals surface area contributed by atoms with Crippen LogP contribution in [-0.2, 0) is 40.5 Å². The van der Waals surface area contributed by atoms with E-state index < -0.39 is 58.1 Å². The molecule has 2 aromatic carbocycles. The van der Waals surface area contributed by atoms with Gasteiger partial charge in [0.05, 0.1) is 4.90 Å². The summed E-state index contributed by atoms with van der Waals surface area (Å²) in [6.45, 7) is 13.4. The van der Waals surface area contributed by atoms with Crippen LogP contribution in [0.4, 0.5) is 4.79 Å². The lowest BCUT2D eigenvalue weighted by Crippen LogP contribution is -2.56. The second-order valence-electron chi connectivity index (χ2n) is 13.0. The molecular weight excluding hydrogens is 652 g/mol. The number of aliphatic imine (C=N–C) groups is 1. The van der Waals surface area contributed by atoms with E-state index in [-0.39, 0.29) is 42.8 Å². The molecule has 0 saturated carbocycles. The average Bonchev–Trinajstić information content (AvgIpc) is 2.97. The lowest BCUT2D eigenvalue weighted by Gasteiger charge is -2.26. The van der Waals surface area contributed by atoms with Crippen molar-refractivity contribution in [2.75, 3.05) is 13.1 Å². The van der Waals surface area contributed by atoms with Gasteiger partial charge in [-0.25, -0.2) is 17.9 Å². The van der Waals surface area contributed by atoms with Crippen LogP contribution in [0.25, 0.3) is 0 Å². The van der Waals surface area contributed by atoms with Crippen LogP contribution in [-0.4, -0.2) is 69.0 Å². The largest absolute Gasteiger partial charge is 0.460 e. The monoisotopic (exact) mass is 702 g/mol. The summed E-state index contributed by atoms with van der Waals surface area (Å²) in [4.78, 5) is 55.5. The molecule has 0 bridgehead atoms. The van der Waals surface area contributed by atoms with Crippen molar-refractivity contribution >= 4 is 39.9 Å². The summed E-state index contributed by atoms with van der Waals surface area (Å²) in [7, 11) is -4.00. The Balaban J connectivity index is 2.06. The number of aryl methyl sites for hydroxylation is 3. The summed E-state index contributed by atoms with van der Waals surface area (Å²) < 4.78 is 38.8. The fourth-order valence-corrected chi connectivity index (χ4v) is 6.28. The van der Waals surface area contributed by atoms with Gasteiger partial charge in [-0.2, -0.15) is 0 Å². The zero-order chi connectivity index (χ0) is 36.9. The van der Waals surface area contributed by atoms with Crippen LogP contribution in [0, 0.1) is 26.7 Å². The quantitative estimate of drug-likeness (QED) is 0.0799. The van der Waals surface area contributed by atoms with Gasteiger partial charge in [-0.1, -0.05) is 61.9 Å². The van der Waals surface area contributed by atoms with Crippen molar-refractivity contribution in [2.24, 2.45) is 16.6 Å². The number of esters is 1. The van der Waals surface area contributed by atoms with Gasteiger partial charge in [0.2, 0.25) is 17.8 Å². The van der Waals surface area contributed by atoms with Gasteiger partial charge in [0.25, 0.3) is 10.0 Å². The van der Waals surface area contributed by atoms with Crippen molar-refractivity contribution in [3.8, 4) is 0 Å². The standard InChI is InChI=1S/C34H50N6O8S/c1-21(2)28(31(43)37-19-27(41)47-20-25-13-10-9-11-14-25)39-30(42)26(38-33(44)48-34(6,7)8)15-12-16-36-32(35)40-49(45,46)29-23(4)17-22(3)18-24(29)5/h9-11,13-14,17-18,21,26,28H,12,15-16,19-20H2,1-8H3,(H,37,43)(H,38,44)(H,39,42)(H3,35,36,40)/t26-,28-/m0/s1. The van der Waals surface area contributed by atoms with E-state index in [2.05, 4.69) is 25.7 Å². The predicted octanol–water partition coefficient (Wildman–Crippen LogP) is 2.88. The highest BCUT2D eigenvalue weighted by molar-refractivity contribution is 7.90. The fraction of sp³-hybridized carbons (Fsp3) is 0.500. The molecular formula is C34H50N6O8S. The zero-order valence-electron chi connectivity index (χ0n) is 29.5. The number of nitrogens with one attached hydrogen (secondary N) is 4. The van der Waals surface area contributed by atoms with Crippen molar-refractivity contribution in [1.82, 2.24) is 20.7 Å². The third-order valence-electron chi connectivity index (χ3n) is 6.95. The maximum atomic E-state index is 13.4. The molecule has 2 atom stereocenters. The molecule has 2 aromatic rings. The number of guanidine groups is 1. The number of carbonyl (C=O) groups is 4. The molecule has 14 nitrogen and oxygen atoms in total. The van der Waals surface area contributed by atoms with Gasteiger partial charge >= 0.3 is 12.1 Å². The zero-order valence-corrected chi connectivity index (χ0v) is 30.3. The molecule has 0 radical (unpaired) electrons. The normalized spacial score (nSPS) is 13.2. The van der Waals surface area contributed by atoms with E-state index in [0.717, 1.165) is 11.1 Å². The molecule has 0 spiro atoms. The van der Waals surface area contributed by atoms with Crippen LogP contribution in [0.1, 0.15) is 69.7 Å². The Morgan fingerprint density at radius 2 is 1.55 bits per heavy atom. The highest BCUT2D eigenvalue weighted by atomic mass is 32.2. The minimum absolute atomic E-state index is 0.0131. The highest BCUT2D eigenvalue weighted by Crippen LogP contribution is 2.21. The average molecular weight is 703 g/mol. The number of amides is 3. The highest BCUT2D eigenvalue weighted by Gasteiger charge is 2.30. The van der Waals surface area contributed by atoms with Gasteiger partial charge in [-0.3, -0.25) is 19.4 Å². The molecule has 0 saturated heterocycles. The van der Waals surface area contributed by atoms with Crippen LogP contribution < -0.4 is 26.4 Å². The topological polar surface area (TPSA) is 207 Å². The molecule has 0 aliphatic rings. The first-order valence-electron chi connectivity index (χ1n) is 16.0. The number of benzene rings is 2. The molecule has 270 valence electrons. The van der Waals surface area contributed by atoms with Crippen molar-refractivity contribution in [2.45, 2.75) is 97.4 Å². The first-order valence-corrected chi connectivity index (χ1v) is 17.4. The smallest absolute Gasteiger partial charge is 0.408 e. The van der Waals surface area contributed by atoms with Crippen molar-refractivity contribution in [3.05, 3.63) is 64.7 Å². The predicted molar refractivity (Wildman–Crippen MR) is 186 cm³/mol. The summed E-state index contributed by atoms with van der Waals surface area (Å²) in [6, 6.07) is 10.4. The molecule has 6 N–H and O–H groups in total. The number of sulfonamides is 1. The molecule has 0 fully saturated rings. The minimum Gasteiger partial charge on any atom is -0.460 e. The van der Waals surface area contributed by atoms with Gasteiger partial charge < -0.3 is 31.2 Å². The van der Waals surface area contributed by atoms with Crippen LogP contribution in [0.3, 0.4) is 0 Å². The second kappa shape index (κ2) is 18.2. The molecule has 0 aliphatic carbocycles. The maximum absolute atomic E-state index is 13.4. The van der Waals surface area contributed by atoms with E-state index in [1.54, 1.807) is 72.7 Å². The summed E-state index contributed by atoms with van der Waals surface area (Å²) in [6.07, 6.45) is -0.604. The lowest BCUT2D eigenvalue weighted by molar-refractivity contribution is -0.145. The Morgan fingerprint density at radius 1 is 0.939 bits per heavy atom. The van der Waals surface area contributed by atoms with Crippen molar-refractivity contribution < 1.29 is 37.1 Å². The van der Waals surface area contributed by atoms with Gasteiger partial charge in [0.15, 0.2) is 0 Å². The number of carbonyl (C=O) groups excluding carboxylic acids is 4. The van der Waals surface area contributed by atoms with Gasteiger partial charge in [0.1, 0.15) is 30.8 Å². The first-order chi connectivity index (χ1) is 22.8. The summed E-state index contributed by atoms with van der Waals surface area (Å²) in [5, 5.41) is 7.68. The first kappa shape index (κ1) is 40.5. The van der Waals surface area contributed by atoms with E-state index in [0.29, 0.717) is 11.1 Å². The molecule has 3 amide bonds. The van der Waals surface area contributed by atoms with E-state index in [1.165, 1.54) is 0 Å². The van der Waals surface area contributed by atoms with Crippen LogP contribution in [0.2, 0.25) is 0 Å². The Bertz CT molecular complexity index is 1580. The van der Waals surface area contributed by atoms with E-state index in [4.69, 9.17) is 15.2 Å². The minimum atomic E-state index is -4.00. The Hall–Kier alpha value is -4.66. The molecule has 49 heavy (non-hydrogen) atoms. The molecule has 0 heterocycles.